The van der Waals surface area contributed by atoms with Gasteiger partial charge in [0.15, 0.2) is 0 Å². The minimum atomic E-state index is -0.633. The van der Waals surface area contributed by atoms with Crippen LogP contribution in [-0.2, 0) is 20.9 Å². The molecular weight excluding hydrogens is 377 g/mol. The number of amides is 2. The summed E-state index contributed by atoms with van der Waals surface area (Å²) in [5.74, 6) is -0.657. The Hall–Kier alpha value is -2.03. The first-order valence-corrected chi connectivity index (χ1v) is 10.3. The number of benzene rings is 1. The Bertz CT molecular complexity index is 696. The molecule has 2 atom stereocenters. The number of halogens is 1. The molecule has 2 N–H and O–H groups in total. The van der Waals surface area contributed by atoms with Gasteiger partial charge >= 0.3 is 0 Å². The molecule has 2 heterocycles. The quantitative estimate of drug-likeness (QED) is 0.679. The maximum absolute atomic E-state index is 12.8. The van der Waals surface area contributed by atoms with E-state index in [9.17, 15) is 14.0 Å². The number of likely N-dealkylation sites (tertiary alicyclic amines) is 1. The molecule has 29 heavy (non-hydrogen) atoms. The predicted octanol–water partition coefficient (Wildman–Crippen LogP) is 1.27. The third-order valence-electron chi connectivity index (χ3n) is 5.48. The second kappa shape index (κ2) is 10.7. The standard InChI is InChI=1S/C21H30FN3O4/c1-2-29-19-14-25(17-6-8-28-9-7-17)13-18(19)24-20(26)12-23-21(27)16-5-3-4-15(10-16)11-22/h3-5,10,17-19H,2,6-9,11-14H2,1H3,(H,23,27)(H,24,26)/t18-,19-/m0/s1. The zero-order chi connectivity index (χ0) is 20.6. The normalized spacial score (nSPS) is 23.1. The molecule has 2 aliphatic heterocycles. The fourth-order valence-corrected chi connectivity index (χ4v) is 3.99. The fraction of sp³-hybridized carbons (Fsp3) is 0.619. The molecule has 3 rings (SSSR count). The van der Waals surface area contributed by atoms with Gasteiger partial charge in [-0.3, -0.25) is 14.5 Å². The van der Waals surface area contributed by atoms with Gasteiger partial charge in [-0.05, 0) is 37.5 Å². The van der Waals surface area contributed by atoms with Crippen molar-refractivity contribution in [3.63, 3.8) is 0 Å². The molecule has 2 aliphatic rings. The van der Waals surface area contributed by atoms with E-state index < -0.39 is 12.6 Å². The first-order valence-electron chi connectivity index (χ1n) is 10.3. The fourth-order valence-electron chi connectivity index (χ4n) is 3.99. The summed E-state index contributed by atoms with van der Waals surface area (Å²) in [6.45, 7) is 4.82. The lowest BCUT2D eigenvalue weighted by Gasteiger charge is -2.30. The van der Waals surface area contributed by atoms with Crippen LogP contribution >= 0.6 is 0 Å². The Morgan fingerprint density at radius 3 is 2.79 bits per heavy atom. The van der Waals surface area contributed by atoms with E-state index in [4.69, 9.17) is 9.47 Å². The van der Waals surface area contributed by atoms with E-state index in [1.165, 1.54) is 6.07 Å². The van der Waals surface area contributed by atoms with Gasteiger partial charge in [0.1, 0.15) is 6.67 Å². The summed E-state index contributed by atoms with van der Waals surface area (Å²) < 4.78 is 24.0. The molecule has 2 amide bonds. The highest BCUT2D eigenvalue weighted by atomic mass is 19.1. The minimum absolute atomic E-state index is 0.0660. The molecule has 8 heteroatoms. The highest BCUT2D eigenvalue weighted by molar-refractivity contribution is 5.96. The Balaban J connectivity index is 1.50. The maximum atomic E-state index is 12.8. The van der Waals surface area contributed by atoms with Crippen LogP contribution in [0.2, 0.25) is 0 Å². The molecule has 2 fully saturated rings. The van der Waals surface area contributed by atoms with Crippen molar-refractivity contribution in [2.45, 2.75) is 44.6 Å². The molecule has 0 saturated carbocycles. The first kappa shape index (κ1) is 21.7. The molecule has 7 nitrogen and oxygen atoms in total. The van der Waals surface area contributed by atoms with E-state index >= 15 is 0 Å². The van der Waals surface area contributed by atoms with E-state index in [-0.39, 0.29) is 24.6 Å². The van der Waals surface area contributed by atoms with E-state index in [0.29, 0.717) is 23.8 Å². The van der Waals surface area contributed by atoms with Crippen molar-refractivity contribution in [1.82, 2.24) is 15.5 Å². The summed E-state index contributed by atoms with van der Waals surface area (Å²) in [4.78, 5) is 27.0. The molecular formula is C21H30FN3O4. The van der Waals surface area contributed by atoms with Gasteiger partial charge in [-0.25, -0.2) is 4.39 Å². The van der Waals surface area contributed by atoms with Crippen molar-refractivity contribution in [2.75, 3.05) is 39.5 Å². The highest BCUT2D eigenvalue weighted by Gasteiger charge is 2.37. The van der Waals surface area contributed by atoms with Crippen LogP contribution in [0.3, 0.4) is 0 Å². The van der Waals surface area contributed by atoms with Gasteiger partial charge in [0.05, 0.1) is 18.7 Å². The largest absolute Gasteiger partial charge is 0.381 e. The average molecular weight is 407 g/mol. The topological polar surface area (TPSA) is 79.9 Å². The number of hydrogen-bond acceptors (Lipinski definition) is 5. The van der Waals surface area contributed by atoms with Crippen molar-refractivity contribution in [3.05, 3.63) is 35.4 Å². The first-order chi connectivity index (χ1) is 14.1. The number of rotatable bonds is 8. The molecule has 1 aromatic carbocycles. The third kappa shape index (κ3) is 5.98. The smallest absolute Gasteiger partial charge is 0.251 e. The number of hydrogen-bond donors (Lipinski definition) is 2. The number of carbonyl (C=O) groups excluding carboxylic acids is 2. The molecule has 0 bridgehead atoms. The zero-order valence-corrected chi connectivity index (χ0v) is 16.9. The van der Waals surface area contributed by atoms with E-state index in [2.05, 4.69) is 15.5 Å². The lowest BCUT2D eigenvalue weighted by Crippen LogP contribution is -2.48. The molecule has 0 spiro atoms. The van der Waals surface area contributed by atoms with Crippen LogP contribution < -0.4 is 10.6 Å². The predicted molar refractivity (Wildman–Crippen MR) is 106 cm³/mol. The van der Waals surface area contributed by atoms with Gasteiger partial charge in [-0.1, -0.05) is 12.1 Å². The summed E-state index contributed by atoms with van der Waals surface area (Å²) in [6, 6.07) is 6.66. The van der Waals surface area contributed by atoms with Gasteiger partial charge in [0.2, 0.25) is 5.91 Å². The van der Waals surface area contributed by atoms with Gasteiger partial charge in [0.25, 0.3) is 5.91 Å². The number of carbonyl (C=O) groups is 2. The third-order valence-corrected chi connectivity index (χ3v) is 5.48. The van der Waals surface area contributed by atoms with Crippen molar-refractivity contribution in [2.24, 2.45) is 0 Å². The highest BCUT2D eigenvalue weighted by Crippen LogP contribution is 2.22. The van der Waals surface area contributed by atoms with Crippen LogP contribution in [0.5, 0.6) is 0 Å². The maximum Gasteiger partial charge on any atom is 0.251 e. The molecule has 0 aromatic heterocycles. The van der Waals surface area contributed by atoms with Crippen LogP contribution in [0.15, 0.2) is 24.3 Å². The molecule has 1 aromatic rings. The van der Waals surface area contributed by atoms with Crippen molar-refractivity contribution in [3.8, 4) is 0 Å². The summed E-state index contributed by atoms with van der Waals surface area (Å²) in [5.41, 5.74) is 0.771. The van der Waals surface area contributed by atoms with Crippen LogP contribution in [0, 0.1) is 0 Å². The van der Waals surface area contributed by atoms with E-state index in [1.54, 1.807) is 18.2 Å². The number of ether oxygens (including phenoxy) is 2. The van der Waals surface area contributed by atoms with Crippen LogP contribution in [0.25, 0.3) is 0 Å². The van der Waals surface area contributed by atoms with Crippen LogP contribution in [-0.4, -0.2) is 74.4 Å². The number of nitrogens with one attached hydrogen (secondary N) is 2. The molecule has 0 unspecified atom stereocenters. The Morgan fingerprint density at radius 1 is 1.28 bits per heavy atom. The van der Waals surface area contributed by atoms with Crippen LogP contribution in [0.4, 0.5) is 4.39 Å². The van der Waals surface area contributed by atoms with E-state index in [1.807, 2.05) is 6.92 Å². The van der Waals surface area contributed by atoms with Crippen molar-refractivity contribution in [1.29, 1.82) is 0 Å². The molecule has 0 radical (unpaired) electrons. The summed E-state index contributed by atoms with van der Waals surface area (Å²) in [7, 11) is 0. The van der Waals surface area contributed by atoms with Gasteiger partial charge in [0, 0.05) is 44.5 Å². The summed E-state index contributed by atoms with van der Waals surface area (Å²) >= 11 is 0. The Labute approximate surface area is 170 Å². The lowest BCUT2D eigenvalue weighted by atomic mass is 10.1. The second-order valence-corrected chi connectivity index (χ2v) is 7.48. The van der Waals surface area contributed by atoms with Gasteiger partial charge in [-0.2, -0.15) is 0 Å². The average Bonchev–Trinajstić information content (AvgIpc) is 3.15. The second-order valence-electron chi connectivity index (χ2n) is 7.48. The zero-order valence-electron chi connectivity index (χ0n) is 16.9. The molecule has 2 saturated heterocycles. The lowest BCUT2D eigenvalue weighted by molar-refractivity contribution is -0.121. The van der Waals surface area contributed by atoms with E-state index in [0.717, 1.165) is 39.1 Å². The monoisotopic (exact) mass is 407 g/mol. The minimum Gasteiger partial charge on any atom is -0.381 e. The SMILES string of the molecule is CCO[C@H]1CN(C2CCOCC2)C[C@@H]1NC(=O)CNC(=O)c1cccc(CF)c1. The van der Waals surface area contributed by atoms with Crippen molar-refractivity contribution >= 4 is 11.8 Å². The van der Waals surface area contributed by atoms with Gasteiger partial charge in [-0.15, -0.1) is 0 Å². The van der Waals surface area contributed by atoms with Gasteiger partial charge < -0.3 is 20.1 Å². The Kier molecular flexibility index (Phi) is 7.97. The number of alkyl halides is 1. The number of nitrogens with zero attached hydrogens (tertiary/aromatic N) is 1. The summed E-state index contributed by atoms with van der Waals surface area (Å²) in [5, 5.41) is 5.60. The Morgan fingerprint density at radius 2 is 2.07 bits per heavy atom. The van der Waals surface area contributed by atoms with Crippen LogP contribution in [0.1, 0.15) is 35.7 Å². The van der Waals surface area contributed by atoms with Crippen molar-refractivity contribution < 1.29 is 23.5 Å². The molecule has 160 valence electrons. The molecule has 0 aliphatic carbocycles. The summed E-state index contributed by atoms with van der Waals surface area (Å²) in [6.07, 6.45) is 1.92.